The van der Waals surface area contributed by atoms with Crippen molar-refractivity contribution in [3.63, 3.8) is 0 Å². The average molecular weight is 464 g/mol. The molecule has 0 unspecified atom stereocenters. The third-order valence-electron chi connectivity index (χ3n) is 4.39. The molecule has 3 aromatic rings. The molecule has 2 aromatic carbocycles. The Bertz CT molecular complexity index is 1090. The zero-order valence-corrected chi connectivity index (χ0v) is 17.2. The van der Waals surface area contributed by atoms with E-state index in [1.165, 1.54) is 18.3 Å². The fourth-order valence-electron chi connectivity index (χ4n) is 2.98. The van der Waals surface area contributed by atoms with Crippen molar-refractivity contribution in [1.82, 2.24) is 9.99 Å². The Balaban J connectivity index is 1.79. The number of rotatable bonds is 4. The lowest BCUT2D eigenvalue weighted by atomic mass is 10.1. The lowest BCUT2D eigenvalue weighted by molar-refractivity contribution is -0.137. The normalized spacial score (nSPS) is 11.8. The largest absolute Gasteiger partial charge is 0.416 e. The van der Waals surface area contributed by atoms with Crippen LogP contribution >= 0.6 is 15.9 Å². The SMILES string of the molecule is Cc1cc(/C=N\NC(=O)c2cccc(C(F)(F)F)c2)c(C)n1-c1ccccc1Br. The molecule has 150 valence electrons. The Labute approximate surface area is 174 Å². The highest BCUT2D eigenvalue weighted by atomic mass is 79.9. The van der Waals surface area contributed by atoms with Crippen molar-refractivity contribution in [2.75, 3.05) is 0 Å². The molecule has 0 saturated heterocycles. The molecule has 0 fully saturated rings. The summed E-state index contributed by atoms with van der Waals surface area (Å²) in [7, 11) is 0. The molecule has 1 heterocycles. The molecule has 1 amide bonds. The molecular formula is C21H17BrF3N3O. The van der Waals surface area contributed by atoms with Crippen LogP contribution < -0.4 is 5.43 Å². The number of benzene rings is 2. The number of hydrazone groups is 1. The van der Waals surface area contributed by atoms with Crippen molar-refractivity contribution >= 4 is 28.1 Å². The highest BCUT2D eigenvalue weighted by Crippen LogP contribution is 2.29. The van der Waals surface area contributed by atoms with Crippen molar-refractivity contribution in [2.24, 2.45) is 5.10 Å². The topological polar surface area (TPSA) is 46.4 Å². The highest BCUT2D eigenvalue weighted by Gasteiger charge is 2.30. The van der Waals surface area contributed by atoms with Crippen LogP contribution in [0.15, 0.2) is 64.2 Å². The maximum atomic E-state index is 12.8. The highest BCUT2D eigenvalue weighted by molar-refractivity contribution is 9.10. The van der Waals surface area contributed by atoms with Gasteiger partial charge in [0.05, 0.1) is 17.5 Å². The number of carbonyl (C=O) groups is 1. The second kappa shape index (κ2) is 8.24. The summed E-state index contributed by atoms with van der Waals surface area (Å²) in [6, 6.07) is 13.9. The number of nitrogens with zero attached hydrogens (tertiary/aromatic N) is 2. The van der Waals surface area contributed by atoms with Crippen LogP contribution in [0.25, 0.3) is 5.69 Å². The Kier molecular flexibility index (Phi) is 5.93. The number of amides is 1. The first-order chi connectivity index (χ1) is 13.7. The maximum absolute atomic E-state index is 12.8. The summed E-state index contributed by atoms with van der Waals surface area (Å²) in [5, 5.41) is 3.91. The van der Waals surface area contributed by atoms with Gasteiger partial charge in [-0.25, -0.2) is 5.43 Å². The van der Waals surface area contributed by atoms with Gasteiger partial charge in [0.15, 0.2) is 0 Å². The van der Waals surface area contributed by atoms with Crippen LogP contribution in [0.5, 0.6) is 0 Å². The van der Waals surface area contributed by atoms with E-state index in [4.69, 9.17) is 0 Å². The number of aryl methyl sites for hydroxylation is 1. The Morgan fingerprint density at radius 2 is 1.83 bits per heavy atom. The minimum Gasteiger partial charge on any atom is -0.317 e. The van der Waals surface area contributed by atoms with Crippen molar-refractivity contribution in [1.29, 1.82) is 0 Å². The van der Waals surface area contributed by atoms with Crippen molar-refractivity contribution in [2.45, 2.75) is 20.0 Å². The minimum absolute atomic E-state index is 0.115. The van der Waals surface area contributed by atoms with Gasteiger partial charge >= 0.3 is 6.18 Å². The van der Waals surface area contributed by atoms with Crippen LogP contribution in [0.4, 0.5) is 13.2 Å². The van der Waals surface area contributed by atoms with Crippen molar-refractivity contribution < 1.29 is 18.0 Å². The number of hydrogen-bond donors (Lipinski definition) is 1. The van der Waals surface area contributed by atoms with Gasteiger partial charge in [-0.15, -0.1) is 0 Å². The summed E-state index contributed by atoms with van der Waals surface area (Å²) in [5.74, 6) is -0.716. The Hall–Kier alpha value is -2.87. The van der Waals surface area contributed by atoms with Crippen LogP contribution in [-0.2, 0) is 6.18 Å². The van der Waals surface area contributed by atoms with Gasteiger partial charge in [-0.3, -0.25) is 4.79 Å². The second-order valence-corrected chi connectivity index (χ2v) is 7.25. The van der Waals surface area contributed by atoms with Gasteiger partial charge in [0.2, 0.25) is 0 Å². The molecule has 1 N–H and O–H groups in total. The zero-order valence-electron chi connectivity index (χ0n) is 15.6. The lowest BCUT2D eigenvalue weighted by Crippen LogP contribution is -2.18. The van der Waals surface area contributed by atoms with Crippen LogP contribution in [0.1, 0.15) is 32.9 Å². The van der Waals surface area contributed by atoms with E-state index in [2.05, 4.69) is 26.5 Å². The first kappa shape index (κ1) is 20.9. The van der Waals surface area contributed by atoms with E-state index < -0.39 is 17.6 Å². The number of aromatic nitrogens is 1. The zero-order chi connectivity index (χ0) is 21.2. The van der Waals surface area contributed by atoms with E-state index in [9.17, 15) is 18.0 Å². The second-order valence-electron chi connectivity index (χ2n) is 6.39. The molecule has 8 heteroatoms. The van der Waals surface area contributed by atoms with Crippen LogP contribution in [-0.4, -0.2) is 16.7 Å². The average Bonchev–Trinajstić information content (AvgIpc) is 2.95. The molecule has 0 radical (unpaired) electrons. The Morgan fingerprint density at radius 3 is 2.52 bits per heavy atom. The number of para-hydroxylation sites is 1. The van der Waals surface area contributed by atoms with Gasteiger partial charge in [0.1, 0.15) is 0 Å². The van der Waals surface area contributed by atoms with Crippen LogP contribution in [0.2, 0.25) is 0 Å². The predicted molar refractivity (Wildman–Crippen MR) is 109 cm³/mol. The summed E-state index contributed by atoms with van der Waals surface area (Å²) >= 11 is 3.54. The molecule has 3 rings (SSSR count). The van der Waals surface area contributed by atoms with Gasteiger partial charge in [0, 0.05) is 27.0 Å². The van der Waals surface area contributed by atoms with E-state index >= 15 is 0 Å². The van der Waals surface area contributed by atoms with E-state index in [0.29, 0.717) is 0 Å². The number of alkyl halides is 3. The monoisotopic (exact) mass is 463 g/mol. The lowest BCUT2D eigenvalue weighted by Gasteiger charge is -2.11. The van der Waals surface area contributed by atoms with E-state index in [1.807, 2.05) is 48.7 Å². The quantitative estimate of drug-likeness (QED) is 0.394. The number of carbonyl (C=O) groups excluding carboxylic acids is 1. The van der Waals surface area contributed by atoms with Crippen LogP contribution in [0, 0.1) is 13.8 Å². The van der Waals surface area contributed by atoms with Crippen molar-refractivity contribution in [3.05, 3.63) is 87.1 Å². The molecule has 0 bridgehead atoms. The molecule has 29 heavy (non-hydrogen) atoms. The first-order valence-corrected chi connectivity index (χ1v) is 9.42. The molecule has 4 nitrogen and oxygen atoms in total. The number of halogens is 4. The van der Waals surface area contributed by atoms with Gasteiger partial charge in [0.25, 0.3) is 5.91 Å². The molecule has 0 aliphatic heterocycles. The van der Waals surface area contributed by atoms with Crippen LogP contribution in [0.3, 0.4) is 0 Å². The van der Waals surface area contributed by atoms with E-state index in [0.717, 1.165) is 39.2 Å². The summed E-state index contributed by atoms with van der Waals surface area (Å²) in [6.45, 7) is 3.87. The number of nitrogens with one attached hydrogen (secondary N) is 1. The van der Waals surface area contributed by atoms with E-state index in [-0.39, 0.29) is 5.56 Å². The summed E-state index contributed by atoms with van der Waals surface area (Å²) in [5.41, 5.74) is 4.91. The summed E-state index contributed by atoms with van der Waals surface area (Å²) in [6.07, 6.45) is -3.04. The fraction of sp³-hybridized carbons (Fsp3) is 0.143. The molecule has 0 saturated carbocycles. The molecule has 0 spiro atoms. The number of hydrogen-bond acceptors (Lipinski definition) is 2. The summed E-state index contributed by atoms with van der Waals surface area (Å²) in [4.78, 5) is 12.1. The molecular weight excluding hydrogens is 447 g/mol. The standard InChI is InChI=1S/C21H17BrF3N3O/c1-13-10-16(14(2)28(13)19-9-4-3-8-18(19)22)12-26-27-20(29)15-6-5-7-17(11-15)21(23,24)25/h3-12H,1-2H3,(H,27,29)/b26-12-. The molecule has 0 atom stereocenters. The predicted octanol–water partition coefficient (Wildman–Crippen LogP) is 5.64. The smallest absolute Gasteiger partial charge is 0.317 e. The molecule has 0 aliphatic carbocycles. The van der Waals surface area contributed by atoms with Gasteiger partial charge in [-0.05, 0) is 66.2 Å². The van der Waals surface area contributed by atoms with Gasteiger partial charge in [-0.2, -0.15) is 18.3 Å². The van der Waals surface area contributed by atoms with Gasteiger partial charge in [-0.1, -0.05) is 18.2 Å². The molecule has 0 aliphatic rings. The molecule has 1 aromatic heterocycles. The van der Waals surface area contributed by atoms with Crippen molar-refractivity contribution in [3.8, 4) is 5.69 Å². The van der Waals surface area contributed by atoms with Gasteiger partial charge < -0.3 is 4.57 Å². The van der Waals surface area contributed by atoms with E-state index in [1.54, 1.807) is 0 Å². The minimum atomic E-state index is -4.51. The maximum Gasteiger partial charge on any atom is 0.416 e. The fourth-order valence-corrected chi connectivity index (χ4v) is 3.45. The third kappa shape index (κ3) is 4.59. The first-order valence-electron chi connectivity index (χ1n) is 8.63. The third-order valence-corrected chi connectivity index (χ3v) is 5.06. The summed E-state index contributed by atoms with van der Waals surface area (Å²) < 4.78 is 41.3. The Morgan fingerprint density at radius 1 is 1.10 bits per heavy atom.